The molecule has 1 N–H and O–H groups in total. The molecule has 0 spiro atoms. The van der Waals surface area contributed by atoms with Crippen LogP contribution in [0.1, 0.15) is 38.8 Å². The fourth-order valence-electron chi connectivity index (χ4n) is 3.69. The third kappa shape index (κ3) is 4.30. The molecule has 0 fully saturated rings. The zero-order chi connectivity index (χ0) is 23.4. The molecule has 0 aromatic heterocycles. The third-order valence-electron chi connectivity index (χ3n) is 5.41. The summed E-state index contributed by atoms with van der Waals surface area (Å²) in [7, 11) is 4.36. The van der Waals surface area contributed by atoms with Gasteiger partial charge in [-0.05, 0) is 43.2 Å². The zero-order valence-corrected chi connectivity index (χ0v) is 18.6. The van der Waals surface area contributed by atoms with Crippen LogP contribution in [0.4, 0.5) is 0 Å². The fraction of sp³-hybridized carbons (Fsp3) is 0.292. The van der Waals surface area contributed by atoms with E-state index < -0.39 is 17.9 Å². The number of rotatable bonds is 6. The summed E-state index contributed by atoms with van der Waals surface area (Å²) in [6, 6.07) is 9.12. The molecule has 2 aromatic carbocycles. The van der Waals surface area contributed by atoms with Gasteiger partial charge in [0.2, 0.25) is 5.91 Å². The largest absolute Gasteiger partial charge is 0.493 e. The van der Waals surface area contributed by atoms with E-state index in [4.69, 9.17) is 14.2 Å². The summed E-state index contributed by atoms with van der Waals surface area (Å²) in [4.78, 5) is 39.4. The van der Waals surface area contributed by atoms with Gasteiger partial charge in [-0.25, -0.2) is 4.79 Å². The molecule has 1 heterocycles. The van der Waals surface area contributed by atoms with E-state index in [2.05, 4.69) is 11.9 Å². The van der Waals surface area contributed by atoms with Crippen LogP contribution in [0.3, 0.4) is 0 Å². The van der Waals surface area contributed by atoms with Crippen LogP contribution in [-0.2, 0) is 16.0 Å². The van der Waals surface area contributed by atoms with Gasteiger partial charge in [0.1, 0.15) is 6.04 Å². The normalized spacial score (nSPS) is 13.6. The highest BCUT2D eigenvalue weighted by molar-refractivity contribution is 6.06. The number of nitrogens with one attached hydrogen (secondary N) is 1. The van der Waals surface area contributed by atoms with Crippen LogP contribution >= 0.6 is 0 Å². The molecule has 1 aliphatic heterocycles. The van der Waals surface area contributed by atoms with Gasteiger partial charge in [0.25, 0.3) is 5.91 Å². The highest BCUT2D eigenvalue weighted by Crippen LogP contribution is 2.37. The van der Waals surface area contributed by atoms with Crippen molar-refractivity contribution in [2.45, 2.75) is 19.4 Å². The second kappa shape index (κ2) is 9.55. The van der Waals surface area contributed by atoms with E-state index in [1.165, 1.54) is 19.2 Å². The van der Waals surface area contributed by atoms with Crippen LogP contribution in [0, 0.1) is 0 Å². The Labute approximate surface area is 186 Å². The first-order valence-electron chi connectivity index (χ1n) is 10.1. The maximum Gasteiger partial charge on any atom is 0.338 e. The lowest BCUT2D eigenvalue weighted by atomic mass is 9.95. The van der Waals surface area contributed by atoms with Crippen molar-refractivity contribution in [3.8, 4) is 11.5 Å². The van der Waals surface area contributed by atoms with Crippen molar-refractivity contribution >= 4 is 23.5 Å². The Morgan fingerprint density at radius 1 is 1.03 bits per heavy atom. The summed E-state index contributed by atoms with van der Waals surface area (Å²) in [5.41, 5.74) is 2.58. The monoisotopic (exact) mass is 438 g/mol. The highest BCUT2D eigenvalue weighted by Gasteiger charge is 2.30. The molecular formula is C24H26N2O6. The van der Waals surface area contributed by atoms with Gasteiger partial charge in [0.15, 0.2) is 11.5 Å². The summed E-state index contributed by atoms with van der Waals surface area (Å²) in [6.45, 7) is 6.10. The standard InChI is InChI=1S/C24H26N2O6/c1-14(25-22(27)17-8-6-7-9-18(17)24(29)32-5)23(28)26-11-10-16-12-20(30-3)21(31-4)13-19(16)15(26)2/h6-9,12-14H,2,10-11H2,1,3-5H3,(H,25,27)/t14-/m0/s1. The molecule has 1 atom stereocenters. The lowest BCUT2D eigenvalue weighted by Crippen LogP contribution is -2.48. The number of benzene rings is 2. The SMILES string of the molecule is C=C1c2cc(OC)c(OC)cc2CCN1C(=O)[C@H](C)NC(=O)c1ccccc1C(=O)OC. The Morgan fingerprint density at radius 3 is 2.28 bits per heavy atom. The van der Waals surface area contributed by atoms with Gasteiger partial charge in [0, 0.05) is 17.8 Å². The summed E-state index contributed by atoms with van der Waals surface area (Å²) in [6.07, 6.45) is 0.603. The van der Waals surface area contributed by atoms with Gasteiger partial charge >= 0.3 is 5.97 Å². The minimum Gasteiger partial charge on any atom is -0.493 e. The summed E-state index contributed by atoms with van der Waals surface area (Å²) in [5.74, 6) is -0.313. The molecule has 8 nitrogen and oxygen atoms in total. The minimum atomic E-state index is -0.841. The van der Waals surface area contributed by atoms with Crippen LogP contribution in [-0.4, -0.2) is 56.6 Å². The predicted molar refractivity (Wildman–Crippen MR) is 119 cm³/mol. The van der Waals surface area contributed by atoms with E-state index in [9.17, 15) is 14.4 Å². The van der Waals surface area contributed by atoms with Gasteiger partial charge < -0.3 is 24.4 Å². The number of hydrogen-bond donors (Lipinski definition) is 1. The number of nitrogens with zero attached hydrogens (tertiary/aromatic N) is 1. The van der Waals surface area contributed by atoms with Crippen molar-refractivity contribution in [2.75, 3.05) is 27.9 Å². The van der Waals surface area contributed by atoms with Crippen LogP contribution in [0.15, 0.2) is 43.0 Å². The number of fused-ring (bicyclic) bond motifs is 1. The van der Waals surface area contributed by atoms with E-state index in [0.717, 1.165) is 11.1 Å². The van der Waals surface area contributed by atoms with Gasteiger partial charge in [-0.15, -0.1) is 0 Å². The summed E-state index contributed by atoms with van der Waals surface area (Å²) < 4.78 is 15.5. The smallest absolute Gasteiger partial charge is 0.338 e. The van der Waals surface area contributed by atoms with Crippen molar-refractivity contribution in [1.29, 1.82) is 0 Å². The Kier molecular flexibility index (Phi) is 6.82. The molecule has 8 heteroatoms. The van der Waals surface area contributed by atoms with Crippen molar-refractivity contribution in [1.82, 2.24) is 10.2 Å². The minimum absolute atomic E-state index is 0.129. The van der Waals surface area contributed by atoms with E-state index in [1.807, 2.05) is 6.07 Å². The number of carbonyl (C=O) groups is 3. The number of hydrogen-bond acceptors (Lipinski definition) is 6. The Balaban J connectivity index is 1.78. The van der Waals surface area contributed by atoms with Gasteiger partial charge in [-0.2, -0.15) is 0 Å². The molecule has 3 rings (SSSR count). The maximum absolute atomic E-state index is 13.1. The molecule has 0 saturated carbocycles. The van der Waals surface area contributed by atoms with Gasteiger partial charge in [-0.3, -0.25) is 9.59 Å². The quantitative estimate of drug-likeness (QED) is 0.697. The van der Waals surface area contributed by atoms with Gasteiger partial charge in [0.05, 0.1) is 32.5 Å². The highest BCUT2D eigenvalue weighted by atomic mass is 16.5. The van der Waals surface area contributed by atoms with Crippen molar-refractivity contribution in [2.24, 2.45) is 0 Å². The van der Waals surface area contributed by atoms with Gasteiger partial charge in [-0.1, -0.05) is 18.7 Å². The first-order valence-corrected chi connectivity index (χ1v) is 10.1. The Morgan fingerprint density at radius 2 is 1.66 bits per heavy atom. The molecule has 32 heavy (non-hydrogen) atoms. The van der Waals surface area contributed by atoms with Crippen LogP contribution in [0.2, 0.25) is 0 Å². The number of methoxy groups -OCH3 is 3. The average Bonchev–Trinajstić information content (AvgIpc) is 2.82. The van der Waals surface area contributed by atoms with Crippen LogP contribution < -0.4 is 14.8 Å². The molecule has 1 aliphatic rings. The molecule has 2 amide bonds. The van der Waals surface area contributed by atoms with Crippen LogP contribution in [0.25, 0.3) is 5.70 Å². The number of esters is 1. The average molecular weight is 438 g/mol. The fourth-order valence-corrected chi connectivity index (χ4v) is 3.69. The summed E-state index contributed by atoms with van der Waals surface area (Å²) >= 11 is 0. The third-order valence-corrected chi connectivity index (χ3v) is 5.41. The lowest BCUT2D eigenvalue weighted by Gasteiger charge is -2.33. The van der Waals surface area contributed by atoms with Crippen molar-refractivity contribution in [3.63, 3.8) is 0 Å². The first-order chi connectivity index (χ1) is 15.3. The Bertz CT molecular complexity index is 1080. The molecular weight excluding hydrogens is 412 g/mol. The van der Waals surface area contributed by atoms with E-state index >= 15 is 0 Å². The topological polar surface area (TPSA) is 94.2 Å². The first kappa shape index (κ1) is 22.9. The lowest BCUT2D eigenvalue weighted by molar-refractivity contribution is -0.129. The van der Waals surface area contributed by atoms with Crippen molar-refractivity contribution < 1.29 is 28.6 Å². The molecule has 0 saturated heterocycles. The second-order valence-electron chi connectivity index (χ2n) is 7.28. The molecule has 0 unspecified atom stereocenters. The summed E-state index contributed by atoms with van der Waals surface area (Å²) in [5, 5.41) is 2.67. The zero-order valence-electron chi connectivity index (χ0n) is 18.6. The van der Waals surface area contributed by atoms with E-state index in [-0.39, 0.29) is 17.0 Å². The maximum atomic E-state index is 13.1. The van der Waals surface area contributed by atoms with E-state index in [1.54, 1.807) is 44.2 Å². The predicted octanol–water partition coefficient (Wildman–Crippen LogP) is 2.66. The van der Waals surface area contributed by atoms with E-state index in [0.29, 0.717) is 30.2 Å². The molecule has 0 radical (unpaired) electrons. The molecule has 0 aliphatic carbocycles. The Hall–Kier alpha value is -3.81. The number of ether oxygens (including phenoxy) is 3. The second-order valence-corrected chi connectivity index (χ2v) is 7.28. The molecule has 168 valence electrons. The molecule has 2 aromatic rings. The number of amides is 2. The van der Waals surface area contributed by atoms with Crippen LogP contribution in [0.5, 0.6) is 11.5 Å². The molecule has 0 bridgehead atoms. The van der Waals surface area contributed by atoms with Crippen molar-refractivity contribution in [3.05, 3.63) is 65.2 Å². The number of carbonyl (C=O) groups excluding carboxylic acids is 3.